The first-order valence-electron chi connectivity index (χ1n) is 8.94. The van der Waals surface area contributed by atoms with E-state index in [1.807, 2.05) is 26.8 Å². The second kappa shape index (κ2) is 8.78. The number of carbonyl (C=O) groups excluding carboxylic acids is 2. The highest BCUT2D eigenvalue weighted by Crippen LogP contribution is 2.29. The Morgan fingerprint density at radius 3 is 2.23 bits per heavy atom. The number of aryl methyl sites for hydroxylation is 1. The highest BCUT2D eigenvalue weighted by atomic mass is 16.5. The third-order valence-corrected chi connectivity index (χ3v) is 4.43. The van der Waals surface area contributed by atoms with Gasteiger partial charge >= 0.3 is 6.03 Å². The van der Waals surface area contributed by atoms with Crippen LogP contribution >= 0.6 is 0 Å². The molecule has 1 heterocycles. The molecule has 1 N–H and O–H groups in total. The number of rotatable bonds is 4. The molecule has 1 fully saturated rings. The fourth-order valence-corrected chi connectivity index (χ4v) is 3.05. The van der Waals surface area contributed by atoms with Crippen molar-refractivity contribution in [3.05, 3.63) is 23.3 Å². The van der Waals surface area contributed by atoms with E-state index in [2.05, 4.69) is 5.32 Å². The monoisotopic (exact) mass is 363 g/mol. The molecule has 3 amide bonds. The lowest BCUT2D eigenvalue weighted by Crippen LogP contribution is -2.44. The molecule has 1 aliphatic rings. The Hall–Kier alpha value is -2.44. The number of ether oxygens (including phenoxy) is 2. The largest absolute Gasteiger partial charge is 0.496 e. The predicted octanol–water partition coefficient (Wildman–Crippen LogP) is 2.28. The molecular weight excluding hydrogens is 334 g/mol. The number of urea groups is 1. The summed E-state index contributed by atoms with van der Waals surface area (Å²) in [5.41, 5.74) is 1.39. The average molecular weight is 363 g/mol. The van der Waals surface area contributed by atoms with Crippen LogP contribution in [0.25, 0.3) is 0 Å². The quantitative estimate of drug-likeness (QED) is 0.891. The molecule has 0 spiro atoms. The highest BCUT2D eigenvalue weighted by molar-refractivity contribution is 5.97. The van der Waals surface area contributed by atoms with Gasteiger partial charge in [0.2, 0.25) is 0 Å². The predicted molar refractivity (Wildman–Crippen MR) is 100 cm³/mol. The first-order chi connectivity index (χ1) is 12.4. The van der Waals surface area contributed by atoms with Crippen molar-refractivity contribution >= 4 is 11.9 Å². The third-order valence-electron chi connectivity index (χ3n) is 4.43. The Morgan fingerprint density at radius 2 is 1.62 bits per heavy atom. The molecule has 7 nitrogen and oxygen atoms in total. The van der Waals surface area contributed by atoms with Crippen LogP contribution in [0.1, 0.15) is 36.2 Å². The van der Waals surface area contributed by atoms with Crippen molar-refractivity contribution < 1.29 is 19.1 Å². The minimum absolute atomic E-state index is 0.0797. The normalized spacial score (nSPS) is 14.8. The number of hydrogen-bond acceptors (Lipinski definition) is 4. The number of methoxy groups -OCH3 is 2. The van der Waals surface area contributed by atoms with E-state index in [0.717, 1.165) is 12.0 Å². The van der Waals surface area contributed by atoms with Crippen LogP contribution in [0.4, 0.5) is 4.79 Å². The molecule has 26 heavy (non-hydrogen) atoms. The van der Waals surface area contributed by atoms with Crippen molar-refractivity contribution in [3.8, 4) is 11.5 Å². The summed E-state index contributed by atoms with van der Waals surface area (Å²) in [6.07, 6.45) is 0.739. The van der Waals surface area contributed by atoms with Gasteiger partial charge in [-0.25, -0.2) is 4.79 Å². The number of nitrogens with zero attached hydrogens (tertiary/aromatic N) is 2. The zero-order valence-electron chi connectivity index (χ0n) is 16.3. The van der Waals surface area contributed by atoms with Crippen LogP contribution in [-0.4, -0.2) is 68.2 Å². The zero-order valence-corrected chi connectivity index (χ0v) is 16.3. The summed E-state index contributed by atoms with van der Waals surface area (Å²) >= 11 is 0. The molecule has 0 unspecified atom stereocenters. The Bertz CT molecular complexity index is 660. The molecule has 0 aliphatic carbocycles. The molecule has 1 aromatic rings. The fraction of sp³-hybridized carbons (Fsp3) is 0.579. The van der Waals surface area contributed by atoms with E-state index >= 15 is 0 Å². The van der Waals surface area contributed by atoms with Gasteiger partial charge in [-0.1, -0.05) is 0 Å². The van der Waals surface area contributed by atoms with Gasteiger partial charge in [0.25, 0.3) is 5.91 Å². The SMILES string of the molecule is COc1cc(C(=O)N2CCCN(C(=O)NC(C)C)CC2)c(OC)cc1C. The summed E-state index contributed by atoms with van der Waals surface area (Å²) < 4.78 is 10.7. The number of hydrogen-bond donors (Lipinski definition) is 1. The smallest absolute Gasteiger partial charge is 0.317 e. The first-order valence-corrected chi connectivity index (χ1v) is 8.94. The molecule has 0 bridgehead atoms. The molecule has 1 aliphatic heterocycles. The van der Waals surface area contributed by atoms with Crippen LogP contribution in [0.15, 0.2) is 12.1 Å². The van der Waals surface area contributed by atoms with E-state index in [1.54, 1.807) is 30.1 Å². The van der Waals surface area contributed by atoms with Gasteiger partial charge in [0.15, 0.2) is 0 Å². The van der Waals surface area contributed by atoms with Crippen molar-refractivity contribution in [2.75, 3.05) is 40.4 Å². The fourth-order valence-electron chi connectivity index (χ4n) is 3.05. The number of nitrogens with one attached hydrogen (secondary N) is 1. The molecule has 0 saturated carbocycles. The maximum atomic E-state index is 13.0. The second-order valence-electron chi connectivity index (χ2n) is 6.76. The molecule has 2 rings (SSSR count). The molecule has 0 atom stereocenters. The summed E-state index contributed by atoms with van der Waals surface area (Å²) in [7, 11) is 3.14. The first kappa shape index (κ1) is 19.9. The van der Waals surface area contributed by atoms with Crippen LogP contribution < -0.4 is 14.8 Å². The van der Waals surface area contributed by atoms with Gasteiger partial charge in [-0.3, -0.25) is 4.79 Å². The van der Waals surface area contributed by atoms with Crippen molar-refractivity contribution in [2.24, 2.45) is 0 Å². The van der Waals surface area contributed by atoms with Crippen LogP contribution in [-0.2, 0) is 0 Å². The van der Waals surface area contributed by atoms with Crippen LogP contribution in [0, 0.1) is 6.92 Å². The van der Waals surface area contributed by atoms with Gasteiger partial charge < -0.3 is 24.6 Å². The molecule has 144 valence electrons. The topological polar surface area (TPSA) is 71.1 Å². The van der Waals surface area contributed by atoms with Gasteiger partial charge in [0, 0.05) is 32.2 Å². The standard InChI is InChI=1S/C19H29N3O4/c1-13(2)20-19(24)22-8-6-7-21(9-10-22)18(23)15-12-16(25-4)14(3)11-17(15)26-5/h11-13H,6-10H2,1-5H3,(H,20,24). The molecule has 0 aromatic heterocycles. The Balaban J connectivity index is 2.14. The van der Waals surface area contributed by atoms with Gasteiger partial charge in [-0.05, 0) is 44.9 Å². The average Bonchev–Trinajstić information content (AvgIpc) is 2.86. The summed E-state index contributed by atoms with van der Waals surface area (Å²) in [6, 6.07) is 3.55. The minimum Gasteiger partial charge on any atom is -0.496 e. The molecule has 1 saturated heterocycles. The summed E-state index contributed by atoms with van der Waals surface area (Å²) in [6.45, 7) is 8.01. The molecular formula is C19H29N3O4. The van der Waals surface area contributed by atoms with Crippen molar-refractivity contribution in [3.63, 3.8) is 0 Å². The Morgan fingerprint density at radius 1 is 1.00 bits per heavy atom. The van der Waals surface area contributed by atoms with E-state index < -0.39 is 0 Å². The summed E-state index contributed by atoms with van der Waals surface area (Å²) in [5, 5.41) is 2.90. The van der Waals surface area contributed by atoms with Gasteiger partial charge in [0.05, 0.1) is 19.8 Å². The zero-order chi connectivity index (χ0) is 19.3. The van der Waals surface area contributed by atoms with Gasteiger partial charge in [-0.15, -0.1) is 0 Å². The highest BCUT2D eigenvalue weighted by Gasteiger charge is 2.25. The minimum atomic E-state index is -0.105. The Kier molecular flexibility index (Phi) is 6.71. The van der Waals surface area contributed by atoms with E-state index in [9.17, 15) is 9.59 Å². The maximum Gasteiger partial charge on any atom is 0.317 e. The number of carbonyl (C=O) groups is 2. The lowest BCUT2D eigenvalue weighted by atomic mass is 10.1. The van der Waals surface area contributed by atoms with Gasteiger partial charge in [-0.2, -0.15) is 0 Å². The number of benzene rings is 1. The molecule has 1 aromatic carbocycles. The Labute approximate surface area is 155 Å². The van der Waals surface area contributed by atoms with Crippen molar-refractivity contribution in [1.29, 1.82) is 0 Å². The van der Waals surface area contributed by atoms with Crippen molar-refractivity contribution in [1.82, 2.24) is 15.1 Å². The van der Waals surface area contributed by atoms with Crippen molar-refractivity contribution in [2.45, 2.75) is 33.2 Å². The summed E-state index contributed by atoms with van der Waals surface area (Å²) in [5.74, 6) is 1.08. The lowest BCUT2D eigenvalue weighted by molar-refractivity contribution is 0.0758. The number of amides is 3. The van der Waals surface area contributed by atoms with E-state index in [4.69, 9.17) is 9.47 Å². The third kappa shape index (κ3) is 4.59. The van der Waals surface area contributed by atoms with Gasteiger partial charge in [0.1, 0.15) is 11.5 Å². The van der Waals surface area contributed by atoms with E-state index in [1.165, 1.54) is 0 Å². The van der Waals surface area contributed by atoms with E-state index in [0.29, 0.717) is 43.2 Å². The summed E-state index contributed by atoms with van der Waals surface area (Å²) in [4.78, 5) is 28.8. The maximum absolute atomic E-state index is 13.0. The second-order valence-corrected chi connectivity index (χ2v) is 6.76. The van der Waals surface area contributed by atoms with E-state index in [-0.39, 0.29) is 18.0 Å². The van der Waals surface area contributed by atoms with Crippen LogP contribution in [0.3, 0.4) is 0 Å². The van der Waals surface area contributed by atoms with Crippen LogP contribution in [0.5, 0.6) is 11.5 Å². The molecule has 0 radical (unpaired) electrons. The molecule has 7 heteroatoms. The van der Waals surface area contributed by atoms with Crippen LogP contribution in [0.2, 0.25) is 0 Å². The lowest BCUT2D eigenvalue weighted by Gasteiger charge is -2.24.